The van der Waals surface area contributed by atoms with Crippen molar-refractivity contribution in [2.45, 2.75) is 37.5 Å². The number of rotatable bonds is 9. The maximum absolute atomic E-state index is 14.7. The molecule has 3 heterocycles. The molecule has 0 spiro atoms. The Bertz CT molecular complexity index is 1660. The molecule has 1 saturated carbocycles. The Labute approximate surface area is 241 Å². The summed E-state index contributed by atoms with van der Waals surface area (Å²) in [6.45, 7) is 2.46. The molecule has 4 aromatic rings. The van der Waals surface area contributed by atoms with Gasteiger partial charge in [-0.2, -0.15) is 5.10 Å². The van der Waals surface area contributed by atoms with Crippen LogP contribution in [-0.4, -0.2) is 70.4 Å². The molecule has 2 fully saturated rings. The summed E-state index contributed by atoms with van der Waals surface area (Å²) in [6.07, 6.45) is 3.95. The molecular weight excluding hydrogens is 539 g/mol. The van der Waals surface area contributed by atoms with Crippen LogP contribution in [0.15, 0.2) is 60.8 Å². The summed E-state index contributed by atoms with van der Waals surface area (Å²) in [5, 5.41) is 19.5. The minimum absolute atomic E-state index is 0.00686. The van der Waals surface area contributed by atoms with Gasteiger partial charge in [-0.25, -0.2) is 4.39 Å². The van der Waals surface area contributed by atoms with Gasteiger partial charge < -0.3 is 24.8 Å². The smallest absolute Gasteiger partial charge is 0.292 e. The highest BCUT2D eigenvalue weighted by atomic mass is 19.1. The second-order valence-electron chi connectivity index (χ2n) is 11.2. The fourth-order valence-corrected chi connectivity index (χ4v) is 5.62. The number of likely N-dealkylation sites (tertiary alicyclic amines) is 1. The molecule has 42 heavy (non-hydrogen) atoms. The minimum atomic E-state index is -1.27. The van der Waals surface area contributed by atoms with Crippen LogP contribution in [0.5, 0.6) is 11.5 Å². The third-order valence-corrected chi connectivity index (χ3v) is 8.24. The van der Waals surface area contributed by atoms with Crippen LogP contribution in [0.4, 0.5) is 4.39 Å². The van der Waals surface area contributed by atoms with Crippen LogP contribution in [-0.2, 0) is 4.79 Å². The third-order valence-electron chi connectivity index (χ3n) is 8.24. The number of nitrogens with zero attached hydrogens (tertiary/aromatic N) is 3. The number of aliphatic hydroxyl groups is 1. The van der Waals surface area contributed by atoms with E-state index in [4.69, 9.17) is 9.47 Å². The highest BCUT2D eigenvalue weighted by Gasteiger charge is 2.31. The second kappa shape index (κ2) is 10.8. The molecule has 2 unspecified atom stereocenters. The summed E-state index contributed by atoms with van der Waals surface area (Å²) in [6, 6.07) is 15.4. The number of benzene rings is 3. The highest BCUT2D eigenvalue weighted by Crippen LogP contribution is 2.38. The molecule has 7 rings (SSSR count). The number of aliphatic hydroxyl groups excluding tert-OH is 1. The van der Waals surface area contributed by atoms with Crippen molar-refractivity contribution in [2.75, 3.05) is 32.8 Å². The first-order valence-corrected chi connectivity index (χ1v) is 14.4. The van der Waals surface area contributed by atoms with Crippen molar-refractivity contribution in [1.29, 1.82) is 0 Å². The SMILES string of the molecule is O=C(NC(CN1CCC1)C(O)c1cc(F)c2c(c1)OCCO2)C(=O)c1ccc(-c2ccc3c(cnn3C3CC3)c2)cc1. The lowest BCUT2D eigenvalue weighted by Crippen LogP contribution is -2.52. The molecule has 0 bridgehead atoms. The summed E-state index contributed by atoms with van der Waals surface area (Å²) in [4.78, 5) is 28.3. The zero-order chi connectivity index (χ0) is 28.8. The molecule has 1 saturated heterocycles. The second-order valence-corrected chi connectivity index (χ2v) is 11.2. The Morgan fingerprint density at radius 2 is 1.79 bits per heavy atom. The number of halogens is 1. The van der Waals surface area contributed by atoms with Crippen LogP contribution in [0.25, 0.3) is 22.0 Å². The molecule has 3 aromatic carbocycles. The van der Waals surface area contributed by atoms with E-state index in [2.05, 4.69) is 32.1 Å². The predicted octanol–water partition coefficient (Wildman–Crippen LogP) is 4.06. The summed E-state index contributed by atoms with van der Waals surface area (Å²) in [5.74, 6) is -1.98. The summed E-state index contributed by atoms with van der Waals surface area (Å²) < 4.78 is 27.6. The number of amides is 1. The standard InChI is InChI=1S/C32H31FN4O5/c33-25-15-22(16-28-31(25)42-13-12-41-28)29(38)26(18-36-10-1-11-36)35-32(40)30(39)20-4-2-19(3-5-20)21-6-9-27-23(14-21)17-34-37(27)24-7-8-24/h2-6,9,14-17,24,26,29,38H,1,7-8,10-13,18H2,(H,35,40). The Morgan fingerprint density at radius 1 is 1.02 bits per heavy atom. The first-order chi connectivity index (χ1) is 20.4. The van der Waals surface area contributed by atoms with Crippen LogP contribution in [0.2, 0.25) is 0 Å². The first kappa shape index (κ1) is 26.6. The molecular formula is C32H31FN4O5. The average molecular weight is 571 g/mol. The van der Waals surface area contributed by atoms with Crippen molar-refractivity contribution >= 4 is 22.6 Å². The average Bonchev–Trinajstić information content (AvgIpc) is 3.75. The molecule has 9 nitrogen and oxygen atoms in total. The van der Waals surface area contributed by atoms with E-state index in [9.17, 15) is 19.1 Å². The maximum Gasteiger partial charge on any atom is 0.292 e. The van der Waals surface area contributed by atoms with E-state index in [0.29, 0.717) is 12.6 Å². The number of nitrogens with one attached hydrogen (secondary N) is 1. The molecule has 216 valence electrons. The summed E-state index contributed by atoms with van der Waals surface area (Å²) in [5.41, 5.74) is 3.49. The van der Waals surface area contributed by atoms with E-state index in [1.165, 1.54) is 12.1 Å². The number of aromatic nitrogens is 2. The van der Waals surface area contributed by atoms with Gasteiger partial charge in [-0.1, -0.05) is 30.3 Å². The first-order valence-electron chi connectivity index (χ1n) is 14.4. The lowest BCUT2D eigenvalue weighted by molar-refractivity contribution is -0.118. The molecule has 0 radical (unpaired) electrons. The molecule has 2 aliphatic heterocycles. The van der Waals surface area contributed by atoms with Gasteiger partial charge in [0, 0.05) is 17.5 Å². The van der Waals surface area contributed by atoms with Crippen molar-refractivity contribution in [1.82, 2.24) is 20.0 Å². The summed E-state index contributed by atoms with van der Waals surface area (Å²) >= 11 is 0. The largest absolute Gasteiger partial charge is 0.486 e. The van der Waals surface area contributed by atoms with Crippen LogP contribution in [0, 0.1) is 5.82 Å². The number of ketones is 1. The fourth-order valence-electron chi connectivity index (χ4n) is 5.62. The van der Waals surface area contributed by atoms with Gasteiger partial charge in [-0.15, -0.1) is 0 Å². The van der Waals surface area contributed by atoms with Gasteiger partial charge in [-0.05, 0) is 73.3 Å². The Kier molecular flexibility index (Phi) is 6.87. The van der Waals surface area contributed by atoms with Gasteiger partial charge in [0.2, 0.25) is 5.78 Å². The Morgan fingerprint density at radius 3 is 2.52 bits per heavy atom. The molecule has 3 aliphatic rings. The normalized spacial score (nSPS) is 17.9. The molecule has 2 N–H and O–H groups in total. The maximum atomic E-state index is 14.7. The van der Waals surface area contributed by atoms with Crippen molar-refractivity contribution in [3.05, 3.63) is 77.7 Å². The van der Waals surface area contributed by atoms with Gasteiger partial charge in [0.15, 0.2) is 17.3 Å². The van der Waals surface area contributed by atoms with Crippen molar-refractivity contribution in [2.24, 2.45) is 0 Å². The lowest BCUT2D eigenvalue weighted by atomic mass is 9.98. The molecule has 1 amide bonds. The van der Waals surface area contributed by atoms with Crippen LogP contribution < -0.4 is 14.8 Å². The minimum Gasteiger partial charge on any atom is -0.486 e. The number of hydrogen-bond donors (Lipinski definition) is 2. The number of ether oxygens (including phenoxy) is 2. The quantitative estimate of drug-likeness (QED) is 0.231. The topological polar surface area (TPSA) is 106 Å². The monoisotopic (exact) mass is 570 g/mol. The summed E-state index contributed by atoms with van der Waals surface area (Å²) in [7, 11) is 0. The fraction of sp³-hybridized carbons (Fsp3) is 0.344. The molecule has 1 aliphatic carbocycles. The van der Waals surface area contributed by atoms with Gasteiger partial charge in [0.1, 0.15) is 19.3 Å². The van der Waals surface area contributed by atoms with E-state index in [-0.39, 0.29) is 35.8 Å². The Hall–Kier alpha value is -4.28. The van der Waals surface area contributed by atoms with Crippen LogP contribution in [0.1, 0.15) is 47.3 Å². The van der Waals surface area contributed by atoms with Gasteiger partial charge in [0.25, 0.3) is 5.91 Å². The lowest BCUT2D eigenvalue weighted by Gasteiger charge is -2.36. The van der Waals surface area contributed by atoms with Crippen LogP contribution >= 0.6 is 0 Å². The predicted molar refractivity (Wildman–Crippen MR) is 153 cm³/mol. The zero-order valence-electron chi connectivity index (χ0n) is 23.0. The van der Waals surface area contributed by atoms with E-state index >= 15 is 0 Å². The van der Waals surface area contributed by atoms with Crippen molar-refractivity contribution in [3.63, 3.8) is 0 Å². The van der Waals surface area contributed by atoms with E-state index < -0.39 is 29.7 Å². The number of carbonyl (C=O) groups excluding carboxylic acids is 2. The molecule has 1 aromatic heterocycles. The van der Waals surface area contributed by atoms with Gasteiger partial charge in [0.05, 0.1) is 23.8 Å². The Balaban J connectivity index is 1.07. The van der Waals surface area contributed by atoms with Crippen molar-refractivity contribution < 1.29 is 28.6 Å². The van der Waals surface area contributed by atoms with Crippen LogP contribution in [0.3, 0.4) is 0 Å². The van der Waals surface area contributed by atoms with Gasteiger partial charge >= 0.3 is 0 Å². The van der Waals surface area contributed by atoms with Gasteiger partial charge in [-0.3, -0.25) is 14.3 Å². The van der Waals surface area contributed by atoms with E-state index in [0.717, 1.165) is 54.4 Å². The molecule has 2 atom stereocenters. The molecule has 10 heteroatoms. The highest BCUT2D eigenvalue weighted by molar-refractivity contribution is 6.42. The van der Waals surface area contributed by atoms with Crippen molar-refractivity contribution in [3.8, 4) is 22.6 Å². The number of carbonyl (C=O) groups is 2. The number of Topliss-reactive ketones (excluding diaryl/α,β-unsaturated/α-hetero) is 1. The van der Waals surface area contributed by atoms with E-state index in [1.54, 1.807) is 12.1 Å². The zero-order valence-corrected chi connectivity index (χ0v) is 23.0. The number of fused-ring (bicyclic) bond motifs is 2. The third kappa shape index (κ3) is 5.12. The van der Waals surface area contributed by atoms with E-state index in [1.807, 2.05) is 24.4 Å². The number of hydrogen-bond acceptors (Lipinski definition) is 7.